The summed E-state index contributed by atoms with van der Waals surface area (Å²) in [4.78, 5) is 8.53. The van der Waals surface area contributed by atoms with Crippen LogP contribution in [0.3, 0.4) is 0 Å². The number of hydrogen-bond donors (Lipinski definition) is 2. The molecule has 0 aliphatic rings. The minimum atomic E-state index is 0.475. The van der Waals surface area contributed by atoms with Crippen molar-refractivity contribution in [3.05, 3.63) is 64.9 Å². The number of nitrogens with zero attached hydrogens (tertiary/aromatic N) is 2. The Morgan fingerprint density at radius 3 is 2.33 bits per heavy atom. The van der Waals surface area contributed by atoms with Crippen LogP contribution < -0.4 is 20.1 Å². The molecule has 0 atom stereocenters. The van der Waals surface area contributed by atoms with Crippen molar-refractivity contribution in [3.63, 3.8) is 0 Å². The zero-order valence-corrected chi connectivity index (χ0v) is 16.2. The number of nitrogens with one attached hydrogen (secondary N) is 2. The maximum atomic E-state index is 6.15. The van der Waals surface area contributed by atoms with Gasteiger partial charge in [0.15, 0.2) is 0 Å². The van der Waals surface area contributed by atoms with Crippen LogP contribution >= 0.6 is 11.6 Å². The van der Waals surface area contributed by atoms with E-state index >= 15 is 0 Å². The molecule has 27 heavy (non-hydrogen) atoms. The van der Waals surface area contributed by atoms with Crippen molar-refractivity contribution in [2.24, 2.45) is 0 Å². The molecule has 0 bridgehead atoms. The number of aryl methyl sites for hydroxylation is 1. The molecule has 1 aromatic heterocycles. The molecule has 0 amide bonds. The van der Waals surface area contributed by atoms with Gasteiger partial charge in [0.05, 0.1) is 24.9 Å². The summed E-state index contributed by atoms with van der Waals surface area (Å²) in [5, 5.41) is 6.99. The maximum Gasteiger partial charge on any atom is 0.144 e. The Balaban J connectivity index is 1.75. The normalized spacial score (nSPS) is 10.4. The fourth-order valence-corrected chi connectivity index (χ4v) is 2.75. The molecule has 2 N–H and O–H groups in total. The van der Waals surface area contributed by atoms with Crippen LogP contribution in [0.1, 0.15) is 11.1 Å². The van der Waals surface area contributed by atoms with Crippen molar-refractivity contribution < 1.29 is 9.47 Å². The van der Waals surface area contributed by atoms with Gasteiger partial charge in [0.2, 0.25) is 0 Å². The van der Waals surface area contributed by atoms with Crippen molar-refractivity contribution in [1.82, 2.24) is 9.97 Å². The molecule has 0 saturated carbocycles. The Bertz CT molecular complexity index is 916. The van der Waals surface area contributed by atoms with Crippen LogP contribution in [-0.2, 0) is 6.54 Å². The average Bonchev–Trinajstić information content (AvgIpc) is 2.69. The molecule has 0 aliphatic heterocycles. The summed E-state index contributed by atoms with van der Waals surface area (Å²) in [6.45, 7) is 2.74. The van der Waals surface area contributed by atoms with Crippen molar-refractivity contribution >= 4 is 28.9 Å². The van der Waals surface area contributed by atoms with E-state index in [9.17, 15) is 0 Å². The molecular formula is C20H21ClN4O2. The van der Waals surface area contributed by atoms with Crippen LogP contribution in [0.4, 0.5) is 17.3 Å². The highest BCUT2D eigenvalue weighted by Gasteiger charge is 2.11. The van der Waals surface area contributed by atoms with Crippen molar-refractivity contribution in [2.75, 3.05) is 24.9 Å². The zero-order valence-electron chi connectivity index (χ0n) is 15.4. The highest BCUT2D eigenvalue weighted by molar-refractivity contribution is 6.32. The number of ether oxygens (including phenoxy) is 2. The van der Waals surface area contributed by atoms with Crippen molar-refractivity contribution in [2.45, 2.75) is 13.5 Å². The van der Waals surface area contributed by atoms with Crippen LogP contribution in [-0.4, -0.2) is 24.2 Å². The number of hydrogen-bond acceptors (Lipinski definition) is 6. The second kappa shape index (κ2) is 8.60. The van der Waals surface area contributed by atoms with Crippen molar-refractivity contribution in [3.8, 4) is 11.5 Å². The standard InChI is InChI=1S/C20H21ClN4O2/c1-13-4-6-14(7-5-13)11-22-19-10-20(24-12-23-19)25-16-9-17(26-2)15(21)8-18(16)27-3/h4-10,12H,11H2,1-3H3,(H2,22,23,24,25). The Hall–Kier alpha value is -2.99. The van der Waals surface area contributed by atoms with E-state index < -0.39 is 0 Å². The lowest BCUT2D eigenvalue weighted by Crippen LogP contribution is -2.03. The minimum absolute atomic E-state index is 0.475. The predicted octanol–water partition coefficient (Wildman–Crippen LogP) is 4.81. The van der Waals surface area contributed by atoms with Crippen LogP contribution in [0.2, 0.25) is 5.02 Å². The van der Waals surface area contributed by atoms with Gasteiger partial charge in [0, 0.05) is 24.7 Å². The Morgan fingerprint density at radius 1 is 0.926 bits per heavy atom. The lowest BCUT2D eigenvalue weighted by Gasteiger charge is -2.14. The molecule has 0 spiro atoms. The Morgan fingerprint density at radius 2 is 1.63 bits per heavy atom. The van der Waals surface area contributed by atoms with E-state index in [0.717, 1.165) is 0 Å². The topological polar surface area (TPSA) is 68.3 Å². The monoisotopic (exact) mass is 384 g/mol. The SMILES string of the molecule is COc1cc(Nc2cc(NCc3ccc(C)cc3)ncn2)c(OC)cc1Cl. The lowest BCUT2D eigenvalue weighted by molar-refractivity contribution is 0.405. The van der Waals surface area contributed by atoms with E-state index in [0.29, 0.717) is 40.4 Å². The van der Waals surface area contributed by atoms with E-state index in [4.69, 9.17) is 21.1 Å². The summed E-state index contributed by atoms with van der Waals surface area (Å²) in [5.41, 5.74) is 3.11. The van der Waals surface area contributed by atoms with Crippen LogP contribution in [0.15, 0.2) is 48.8 Å². The van der Waals surface area contributed by atoms with Crippen LogP contribution in [0.25, 0.3) is 0 Å². The summed E-state index contributed by atoms with van der Waals surface area (Å²) >= 11 is 6.15. The van der Waals surface area contributed by atoms with Gasteiger partial charge < -0.3 is 20.1 Å². The molecule has 0 aliphatic carbocycles. The fraction of sp³-hybridized carbons (Fsp3) is 0.200. The van der Waals surface area contributed by atoms with E-state index in [-0.39, 0.29) is 0 Å². The van der Waals surface area contributed by atoms with E-state index in [2.05, 4.69) is 51.8 Å². The van der Waals surface area contributed by atoms with Crippen LogP contribution in [0.5, 0.6) is 11.5 Å². The highest BCUT2D eigenvalue weighted by atomic mass is 35.5. The number of benzene rings is 2. The maximum absolute atomic E-state index is 6.15. The number of halogens is 1. The first kappa shape index (κ1) is 18.8. The first-order chi connectivity index (χ1) is 13.1. The molecule has 0 saturated heterocycles. The average molecular weight is 385 g/mol. The largest absolute Gasteiger partial charge is 0.495 e. The second-order valence-electron chi connectivity index (χ2n) is 5.94. The Kier molecular flexibility index (Phi) is 5.98. The summed E-state index contributed by atoms with van der Waals surface area (Å²) in [7, 11) is 3.15. The third kappa shape index (κ3) is 4.80. The number of methoxy groups -OCH3 is 2. The fourth-order valence-electron chi connectivity index (χ4n) is 2.52. The quantitative estimate of drug-likeness (QED) is 0.609. The third-order valence-electron chi connectivity index (χ3n) is 4.00. The first-order valence-corrected chi connectivity index (χ1v) is 8.77. The molecule has 3 aromatic rings. The van der Waals surface area contributed by atoms with Gasteiger partial charge in [-0.3, -0.25) is 0 Å². The summed E-state index contributed by atoms with van der Waals surface area (Å²) in [5.74, 6) is 2.48. The van der Waals surface area contributed by atoms with Crippen molar-refractivity contribution in [1.29, 1.82) is 0 Å². The van der Waals surface area contributed by atoms with Gasteiger partial charge in [-0.15, -0.1) is 0 Å². The smallest absolute Gasteiger partial charge is 0.144 e. The minimum Gasteiger partial charge on any atom is -0.495 e. The van der Waals surface area contributed by atoms with E-state index in [1.165, 1.54) is 17.5 Å². The number of rotatable bonds is 7. The molecule has 1 heterocycles. The van der Waals surface area contributed by atoms with Crippen LogP contribution in [0, 0.1) is 6.92 Å². The van der Waals surface area contributed by atoms with Gasteiger partial charge in [-0.2, -0.15) is 0 Å². The first-order valence-electron chi connectivity index (χ1n) is 8.39. The molecule has 6 nitrogen and oxygen atoms in total. The molecule has 7 heteroatoms. The molecule has 3 rings (SSSR count). The number of anilines is 3. The molecule has 0 radical (unpaired) electrons. The Labute approximate surface area is 163 Å². The summed E-state index contributed by atoms with van der Waals surface area (Å²) < 4.78 is 10.7. The number of aromatic nitrogens is 2. The molecule has 2 aromatic carbocycles. The highest BCUT2D eigenvalue weighted by Crippen LogP contribution is 2.37. The second-order valence-corrected chi connectivity index (χ2v) is 6.35. The molecule has 0 unspecified atom stereocenters. The predicted molar refractivity (Wildman–Crippen MR) is 108 cm³/mol. The van der Waals surface area contributed by atoms with Gasteiger partial charge in [0.1, 0.15) is 29.5 Å². The van der Waals surface area contributed by atoms with Gasteiger partial charge in [-0.05, 0) is 12.5 Å². The molecule has 0 fully saturated rings. The van der Waals surface area contributed by atoms with Gasteiger partial charge in [-0.25, -0.2) is 9.97 Å². The van der Waals surface area contributed by atoms with Gasteiger partial charge in [-0.1, -0.05) is 41.4 Å². The third-order valence-corrected chi connectivity index (χ3v) is 4.29. The lowest BCUT2D eigenvalue weighted by atomic mass is 10.1. The summed E-state index contributed by atoms with van der Waals surface area (Å²) in [6.07, 6.45) is 1.50. The zero-order chi connectivity index (χ0) is 19.2. The van der Waals surface area contributed by atoms with E-state index in [1.54, 1.807) is 26.4 Å². The summed E-state index contributed by atoms with van der Waals surface area (Å²) in [6, 6.07) is 13.6. The molecule has 140 valence electrons. The van der Waals surface area contributed by atoms with Gasteiger partial charge in [0.25, 0.3) is 0 Å². The van der Waals surface area contributed by atoms with Gasteiger partial charge >= 0.3 is 0 Å². The van der Waals surface area contributed by atoms with E-state index in [1.807, 2.05) is 6.07 Å². The molecular weight excluding hydrogens is 364 g/mol.